The third kappa shape index (κ3) is 3.78. The zero-order valence-electron chi connectivity index (χ0n) is 15.9. The molecule has 2 heterocycles. The van der Waals surface area contributed by atoms with Crippen molar-refractivity contribution in [2.24, 2.45) is 0 Å². The quantitative estimate of drug-likeness (QED) is 0.495. The highest BCUT2D eigenvalue weighted by molar-refractivity contribution is 6.42. The number of nitrogens with one attached hydrogen (secondary N) is 1. The molecule has 0 unspecified atom stereocenters. The van der Waals surface area contributed by atoms with E-state index in [9.17, 15) is 9.59 Å². The molecule has 4 rings (SSSR count). The summed E-state index contributed by atoms with van der Waals surface area (Å²) < 4.78 is 1.90. The van der Waals surface area contributed by atoms with Crippen molar-refractivity contribution in [2.45, 2.75) is 33.2 Å². The Hall–Kier alpha value is -2.70. The molecule has 0 saturated heterocycles. The van der Waals surface area contributed by atoms with Crippen LogP contribution in [0.1, 0.15) is 23.1 Å². The third-order valence-corrected chi connectivity index (χ3v) is 5.79. The van der Waals surface area contributed by atoms with Crippen molar-refractivity contribution in [1.82, 2.24) is 19.5 Å². The van der Waals surface area contributed by atoms with Gasteiger partial charge < -0.3 is 4.57 Å². The molecule has 0 atom stereocenters. The average molecular weight is 429 g/mol. The van der Waals surface area contributed by atoms with Gasteiger partial charge in [0.05, 0.1) is 21.1 Å². The largest absolute Gasteiger partial charge is 0.349 e. The number of aryl methyl sites for hydroxylation is 4. The van der Waals surface area contributed by atoms with Gasteiger partial charge in [0, 0.05) is 6.54 Å². The molecule has 0 amide bonds. The summed E-state index contributed by atoms with van der Waals surface area (Å²) in [5, 5.41) is 1.04. The van der Waals surface area contributed by atoms with Crippen molar-refractivity contribution in [3.05, 3.63) is 77.9 Å². The number of fused-ring (bicyclic) bond motifs is 2. The van der Waals surface area contributed by atoms with E-state index in [0.717, 1.165) is 35.0 Å². The van der Waals surface area contributed by atoms with E-state index in [4.69, 9.17) is 23.2 Å². The first-order valence-electron chi connectivity index (χ1n) is 9.19. The van der Waals surface area contributed by atoms with E-state index in [1.807, 2.05) is 42.7 Å². The van der Waals surface area contributed by atoms with Gasteiger partial charge in [-0.15, -0.1) is 0 Å². The van der Waals surface area contributed by atoms with Gasteiger partial charge >= 0.3 is 5.69 Å². The van der Waals surface area contributed by atoms with Gasteiger partial charge in [0.2, 0.25) is 0 Å². The summed E-state index contributed by atoms with van der Waals surface area (Å²) in [5.41, 5.74) is 3.73. The number of hydrogen-bond donors (Lipinski definition) is 1. The lowest BCUT2D eigenvalue weighted by atomic mass is 10.1. The van der Waals surface area contributed by atoms with Crippen molar-refractivity contribution in [3.8, 4) is 11.5 Å². The van der Waals surface area contributed by atoms with Gasteiger partial charge in [-0.1, -0.05) is 29.3 Å². The molecule has 2 aromatic carbocycles. The lowest BCUT2D eigenvalue weighted by Gasteiger charge is -2.17. The first-order chi connectivity index (χ1) is 13.8. The molecule has 148 valence electrons. The fraction of sp³-hybridized carbons (Fsp3) is 0.238. The van der Waals surface area contributed by atoms with Gasteiger partial charge in [-0.2, -0.15) is 4.98 Å². The van der Waals surface area contributed by atoms with Crippen LogP contribution in [0.3, 0.4) is 0 Å². The maximum Gasteiger partial charge on any atom is 0.349 e. The summed E-state index contributed by atoms with van der Waals surface area (Å²) in [4.78, 5) is 34.9. The maximum absolute atomic E-state index is 12.3. The molecule has 29 heavy (non-hydrogen) atoms. The lowest BCUT2D eigenvalue weighted by Crippen LogP contribution is -2.29. The minimum atomic E-state index is -0.675. The predicted molar refractivity (Wildman–Crippen MR) is 115 cm³/mol. The average Bonchev–Trinajstić information content (AvgIpc) is 2.66. The van der Waals surface area contributed by atoms with Gasteiger partial charge in [-0.3, -0.25) is 9.78 Å². The van der Waals surface area contributed by atoms with Crippen LogP contribution in [0, 0.1) is 13.8 Å². The SMILES string of the molecule is Cc1cc2nc3c(=O)[nH]c(=O)nc-3n(CCCc3ccc(Cl)c(Cl)c3)c2cc1C. The Morgan fingerprint density at radius 2 is 1.76 bits per heavy atom. The minimum absolute atomic E-state index is 0.162. The molecule has 8 heteroatoms. The van der Waals surface area contributed by atoms with Gasteiger partial charge in [-0.05, 0) is 67.6 Å². The second-order valence-corrected chi connectivity index (χ2v) is 7.90. The van der Waals surface area contributed by atoms with Crippen LogP contribution in [-0.2, 0) is 13.0 Å². The lowest BCUT2D eigenvalue weighted by molar-refractivity contribution is 0.648. The summed E-state index contributed by atoms with van der Waals surface area (Å²) in [6.45, 7) is 4.58. The van der Waals surface area contributed by atoms with Crippen LogP contribution in [0.25, 0.3) is 22.6 Å². The molecule has 6 nitrogen and oxygen atoms in total. The van der Waals surface area contributed by atoms with Crippen LogP contribution in [0.5, 0.6) is 0 Å². The van der Waals surface area contributed by atoms with E-state index in [-0.39, 0.29) is 5.69 Å². The molecule has 0 spiro atoms. The molecule has 0 fully saturated rings. The Kier molecular flexibility index (Phi) is 5.15. The Balaban J connectivity index is 1.79. The van der Waals surface area contributed by atoms with E-state index in [0.29, 0.717) is 27.9 Å². The van der Waals surface area contributed by atoms with E-state index < -0.39 is 11.2 Å². The van der Waals surface area contributed by atoms with Crippen molar-refractivity contribution < 1.29 is 0 Å². The molecule has 2 aliphatic rings. The van der Waals surface area contributed by atoms with Crippen LogP contribution in [0.4, 0.5) is 0 Å². The molecule has 2 aliphatic heterocycles. The molecule has 0 bridgehead atoms. The monoisotopic (exact) mass is 428 g/mol. The van der Waals surface area contributed by atoms with E-state index >= 15 is 0 Å². The van der Waals surface area contributed by atoms with Crippen molar-refractivity contribution >= 4 is 34.2 Å². The Labute approximate surface area is 176 Å². The van der Waals surface area contributed by atoms with E-state index in [1.165, 1.54) is 0 Å². The van der Waals surface area contributed by atoms with Crippen LogP contribution >= 0.6 is 23.2 Å². The normalized spacial score (nSPS) is 11.4. The van der Waals surface area contributed by atoms with Gasteiger partial charge in [0.25, 0.3) is 5.56 Å². The van der Waals surface area contributed by atoms with Gasteiger partial charge in [-0.25, -0.2) is 9.78 Å². The number of rotatable bonds is 4. The Morgan fingerprint density at radius 1 is 1.00 bits per heavy atom. The summed E-state index contributed by atoms with van der Waals surface area (Å²) in [6, 6.07) is 9.53. The number of nitrogens with zero attached hydrogens (tertiary/aromatic N) is 3. The fourth-order valence-corrected chi connectivity index (χ4v) is 3.73. The molecule has 0 radical (unpaired) electrons. The second kappa shape index (κ2) is 7.61. The number of aromatic amines is 1. The van der Waals surface area contributed by atoms with Gasteiger partial charge in [0.15, 0.2) is 11.5 Å². The maximum atomic E-state index is 12.3. The van der Waals surface area contributed by atoms with E-state index in [1.54, 1.807) is 6.07 Å². The van der Waals surface area contributed by atoms with Gasteiger partial charge in [0.1, 0.15) is 0 Å². The van der Waals surface area contributed by atoms with Crippen LogP contribution in [0.15, 0.2) is 39.9 Å². The van der Waals surface area contributed by atoms with Crippen molar-refractivity contribution in [2.75, 3.05) is 0 Å². The van der Waals surface area contributed by atoms with Crippen LogP contribution in [-0.4, -0.2) is 19.5 Å². The second-order valence-electron chi connectivity index (χ2n) is 7.08. The number of hydrogen-bond acceptors (Lipinski definition) is 4. The Morgan fingerprint density at radius 3 is 2.52 bits per heavy atom. The molecule has 0 saturated carbocycles. The minimum Gasteiger partial charge on any atom is -0.322 e. The highest BCUT2D eigenvalue weighted by atomic mass is 35.5. The smallest absolute Gasteiger partial charge is 0.322 e. The summed E-state index contributed by atoms with van der Waals surface area (Å²) in [6.07, 6.45) is 1.51. The molecule has 0 aliphatic carbocycles. The molecule has 2 aromatic rings. The zero-order valence-corrected chi connectivity index (χ0v) is 17.4. The zero-order chi connectivity index (χ0) is 20.7. The van der Waals surface area contributed by atoms with E-state index in [2.05, 4.69) is 15.0 Å². The number of H-pyrrole nitrogens is 1. The number of aromatic nitrogens is 4. The topological polar surface area (TPSA) is 80.6 Å². The standard InChI is InChI=1S/C21H18Cl2N4O2/c1-11-8-16-17(9-12(11)2)27(19-18(24-16)20(28)26-21(29)25-19)7-3-4-13-5-6-14(22)15(23)10-13/h5-6,8-10H,3-4,7H2,1-2H3,(H,26,28,29). The summed E-state index contributed by atoms with van der Waals surface area (Å²) in [5.74, 6) is 0.295. The Bertz CT molecular complexity index is 1330. The fourth-order valence-electron chi connectivity index (χ4n) is 3.41. The first kappa shape index (κ1) is 19.6. The predicted octanol–water partition coefficient (Wildman–Crippen LogP) is 4.14. The molecule has 1 N–H and O–H groups in total. The molecule has 0 aromatic heterocycles. The summed E-state index contributed by atoms with van der Waals surface area (Å²) in [7, 11) is 0. The number of benzene rings is 2. The highest BCUT2D eigenvalue weighted by Gasteiger charge is 2.19. The molecular weight excluding hydrogens is 411 g/mol. The first-order valence-corrected chi connectivity index (χ1v) is 9.95. The molecular formula is C21H18Cl2N4O2. The summed E-state index contributed by atoms with van der Waals surface area (Å²) >= 11 is 12.1. The van der Waals surface area contributed by atoms with Crippen LogP contribution in [0.2, 0.25) is 10.0 Å². The van der Waals surface area contributed by atoms with Crippen molar-refractivity contribution in [1.29, 1.82) is 0 Å². The third-order valence-electron chi connectivity index (χ3n) is 5.06. The number of halogens is 2. The highest BCUT2D eigenvalue weighted by Crippen LogP contribution is 2.26. The van der Waals surface area contributed by atoms with Crippen LogP contribution < -0.4 is 11.2 Å². The van der Waals surface area contributed by atoms with Crippen molar-refractivity contribution in [3.63, 3.8) is 0 Å².